The first-order valence-corrected chi connectivity index (χ1v) is 8.52. The lowest BCUT2D eigenvalue weighted by molar-refractivity contribution is -0.115. The lowest BCUT2D eigenvalue weighted by Crippen LogP contribution is -2.15. The van der Waals surface area contributed by atoms with Crippen LogP contribution < -0.4 is 5.32 Å². The number of carbonyl (C=O) groups is 1. The third kappa shape index (κ3) is 3.21. The van der Waals surface area contributed by atoms with Gasteiger partial charge in [0.2, 0.25) is 5.91 Å². The maximum atomic E-state index is 12.3. The van der Waals surface area contributed by atoms with E-state index in [4.69, 9.17) is 16.6 Å². The van der Waals surface area contributed by atoms with E-state index in [1.807, 2.05) is 43.3 Å². The van der Waals surface area contributed by atoms with Crippen LogP contribution >= 0.6 is 11.6 Å². The Hall–Kier alpha value is -3.05. The standard InChI is InChI=1S/C20H15ClN4O/c1-12-7-18-19(9-15(12)21)25-20(26)10-17(24-18)14-4-2-3-13(8-14)16-5-6-22-11-23-16/h2-9,11H,10H2,1H3,(H,25,26). The molecule has 1 aliphatic heterocycles. The Labute approximate surface area is 155 Å². The maximum absolute atomic E-state index is 12.3. The largest absolute Gasteiger partial charge is 0.324 e. The van der Waals surface area contributed by atoms with Crippen molar-refractivity contribution in [3.63, 3.8) is 0 Å². The maximum Gasteiger partial charge on any atom is 0.230 e. The van der Waals surface area contributed by atoms with Crippen molar-refractivity contribution in [1.82, 2.24) is 9.97 Å². The first kappa shape index (κ1) is 16.4. The van der Waals surface area contributed by atoms with Gasteiger partial charge < -0.3 is 5.32 Å². The number of carbonyl (C=O) groups excluding carboxylic acids is 1. The number of aromatic nitrogens is 2. The Balaban J connectivity index is 1.80. The quantitative estimate of drug-likeness (QED) is 0.726. The molecule has 1 aliphatic rings. The highest BCUT2D eigenvalue weighted by Crippen LogP contribution is 2.34. The van der Waals surface area contributed by atoms with E-state index < -0.39 is 0 Å². The molecule has 26 heavy (non-hydrogen) atoms. The number of hydrogen-bond acceptors (Lipinski definition) is 4. The smallest absolute Gasteiger partial charge is 0.230 e. The van der Waals surface area contributed by atoms with Crippen molar-refractivity contribution in [3.8, 4) is 11.3 Å². The van der Waals surface area contributed by atoms with Gasteiger partial charge in [-0.1, -0.05) is 29.8 Å². The van der Waals surface area contributed by atoms with E-state index in [-0.39, 0.29) is 12.3 Å². The number of aryl methyl sites for hydroxylation is 1. The van der Waals surface area contributed by atoms with Gasteiger partial charge in [0.05, 0.1) is 29.2 Å². The zero-order valence-electron chi connectivity index (χ0n) is 14.0. The number of halogens is 1. The molecule has 4 rings (SSSR count). The SMILES string of the molecule is Cc1cc2c(cc1Cl)NC(=O)CC(c1cccc(-c3ccncn3)c1)=N2. The highest BCUT2D eigenvalue weighted by atomic mass is 35.5. The number of hydrogen-bond donors (Lipinski definition) is 1. The first-order valence-electron chi connectivity index (χ1n) is 8.14. The van der Waals surface area contributed by atoms with Crippen LogP contribution in [0.1, 0.15) is 17.5 Å². The molecule has 3 aromatic rings. The molecule has 6 heteroatoms. The summed E-state index contributed by atoms with van der Waals surface area (Å²) in [5.74, 6) is -0.116. The highest BCUT2D eigenvalue weighted by molar-refractivity contribution is 6.32. The van der Waals surface area contributed by atoms with Crippen molar-refractivity contribution in [2.45, 2.75) is 13.3 Å². The van der Waals surface area contributed by atoms with Crippen LogP contribution in [0.25, 0.3) is 11.3 Å². The molecule has 0 saturated heterocycles. The normalized spacial score (nSPS) is 13.5. The van der Waals surface area contributed by atoms with Gasteiger partial charge in [0.15, 0.2) is 0 Å². The van der Waals surface area contributed by atoms with E-state index in [1.54, 1.807) is 12.3 Å². The summed E-state index contributed by atoms with van der Waals surface area (Å²) in [6, 6.07) is 13.3. The molecule has 0 radical (unpaired) electrons. The van der Waals surface area contributed by atoms with Gasteiger partial charge in [0.25, 0.3) is 0 Å². The number of nitrogens with zero attached hydrogens (tertiary/aromatic N) is 3. The van der Waals surface area contributed by atoms with Crippen molar-refractivity contribution in [1.29, 1.82) is 0 Å². The minimum atomic E-state index is -0.116. The number of amides is 1. The fraction of sp³-hybridized carbons (Fsp3) is 0.100. The van der Waals surface area contributed by atoms with Crippen molar-refractivity contribution in [2.75, 3.05) is 5.32 Å². The predicted molar refractivity (Wildman–Crippen MR) is 103 cm³/mol. The number of aliphatic imine (C=N–C) groups is 1. The average Bonchev–Trinajstić information content (AvgIpc) is 2.81. The summed E-state index contributed by atoms with van der Waals surface area (Å²) in [7, 11) is 0. The molecule has 0 saturated carbocycles. The monoisotopic (exact) mass is 362 g/mol. The molecule has 0 spiro atoms. The zero-order valence-corrected chi connectivity index (χ0v) is 14.8. The molecular weight excluding hydrogens is 348 g/mol. The molecule has 0 atom stereocenters. The molecule has 2 heterocycles. The van der Waals surface area contributed by atoms with Crippen LogP contribution in [-0.4, -0.2) is 21.6 Å². The van der Waals surface area contributed by atoms with Crippen LogP contribution in [0.3, 0.4) is 0 Å². The number of benzene rings is 2. The number of anilines is 1. The third-order valence-corrected chi connectivity index (χ3v) is 4.62. The molecule has 128 valence electrons. The Morgan fingerprint density at radius 3 is 2.77 bits per heavy atom. The molecule has 5 nitrogen and oxygen atoms in total. The number of rotatable bonds is 2. The molecule has 1 aromatic heterocycles. The second-order valence-electron chi connectivity index (χ2n) is 6.08. The number of nitrogens with one attached hydrogen (secondary N) is 1. The topological polar surface area (TPSA) is 67.2 Å². The van der Waals surface area contributed by atoms with E-state index in [1.165, 1.54) is 6.33 Å². The Bertz CT molecular complexity index is 1030. The van der Waals surface area contributed by atoms with Crippen molar-refractivity contribution < 1.29 is 4.79 Å². The molecular formula is C20H15ClN4O. The Morgan fingerprint density at radius 2 is 1.96 bits per heavy atom. The summed E-state index contributed by atoms with van der Waals surface area (Å²) in [5, 5.41) is 3.48. The average molecular weight is 363 g/mol. The lowest BCUT2D eigenvalue weighted by atomic mass is 10.0. The zero-order chi connectivity index (χ0) is 18.1. The summed E-state index contributed by atoms with van der Waals surface area (Å²) in [6.07, 6.45) is 3.41. The van der Waals surface area contributed by atoms with Crippen molar-refractivity contribution >= 4 is 34.6 Å². The molecule has 1 amide bonds. The second-order valence-corrected chi connectivity index (χ2v) is 6.48. The third-order valence-electron chi connectivity index (χ3n) is 4.21. The summed E-state index contributed by atoms with van der Waals surface area (Å²) >= 11 is 6.18. The van der Waals surface area contributed by atoms with Crippen LogP contribution in [0.5, 0.6) is 0 Å². The van der Waals surface area contributed by atoms with E-state index in [9.17, 15) is 4.79 Å². The van der Waals surface area contributed by atoms with E-state index in [2.05, 4.69) is 15.3 Å². The molecule has 2 aromatic carbocycles. The molecule has 0 aliphatic carbocycles. The van der Waals surface area contributed by atoms with E-state index in [0.717, 1.165) is 22.4 Å². The Morgan fingerprint density at radius 1 is 1.12 bits per heavy atom. The van der Waals surface area contributed by atoms with Crippen molar-refractivity contribution in [2.24, 2.45) is 4.99 Å². The van der Waals surface area contributed by atoms with Crippen LogP contribution in [0.2, 0.25) is 5.02 Å². The van der Waals surface area contributed by atoms with Crippen LogP contribution in [0.4, 0.5) is 11.4 Å². The van der Waals surface area contributed by atoms with E-state index >= 15 is 0 Å². The summed E-state index contributed by atoms with van der Waals surface area (Å²) < 4.78 is 0. The summed E-state index contributed by atoms with van der Waals surface area (Å²) in [5.41, 5.74) is 5.62. The van der Waals surface area contributed by atoms with Gasteiger partial charge in [-0.3, -0.25) is 9.79 Å². The highest BCUT2D eigenvalue weighted by Gasteiger charge is 2.18. The van der Waals surface area contributed by atoms with Gasteiger partial charge in [-0.25, -0.2) is 9.97 Å². The molecule has 1 N–H and O–H groups in total. The van der Waals surface area contributed by atoms with Crippen LogP contribution in [-0.2, 0) is 4.79 Å². The van der Waals surface area contributed by atoms with Crippen molar-refractivity contribution in [3.05, 3.63) is 71.1 Å². The molecule has 0 unspecified atom stereocenters. The van der Waals surface area contributed by atoms with Gasteiger partial charge in [-0.2, -0.15) is 0 Å². The van der Waals surface area contributed by atoms with Gasteiger partial charge in [-0.15, -0.1) is 0 Å². The summed E-state index contributed by atoms with van der Waals surface area (Å²) in [4.78, 5) is 25.3. The predicted octanol–water partition coefficient (Wildman–Crippen LogP) is 4.57. The molecule has 0 fully saturated rings. The minimum absolute atomic E-state index is 0.116. The van der Waals surface area contributed by atoms with Gasteiger partial charge in [0.1, 0.15) is 6.33 Å². The second kappa shape index (κ2) is 6.69. The minimum Gasteiger partial charge on any atom is -0.324 e. The van der Waals surface area contributed by atoms with E-state index in [0.29, 0.717) is 22.1 Å². The summed E-state index contributed by atoms with van der Waals surface area (Å²) in [6.45, 7) is 1.92. The fourth-order valence-corrected chi connectivity index (χ4v) is 3.04. The van der Waals surface area contributed by atoms with Gasteiger partial charge >= 0.3 is 0 Å². The molecule has 0 bridgehead atoms. The van der Waals surface area contributed by atoms with Crippen LogP contribution in [0, 0.1) is 6.92 Å². The fourth-order valence-electron chi connectivity index (χ4n) is 2.88. The number of fused-ring (bicyclic) bond motifs is 1. The lowest BCUT2D eigenvalue weighted by Gasteiger charge is -2.07. The van der Waals surface area contributed by atoms with Gasteiger partial charge in [-0.05, 0) is 42.3 Å². The Kier molecular flexibility index (Phi) is 4.22. The van der Waals surface area contributed by atoms with Gasteiger partial charge in [0, 0.05) is 16.8 Å². The first-order chi connectivity index (χ1) is 12.6. The van der Waals surface area contributed by atoms with Crippen LogP contribution in [0.15, 0.2) is 60.0 Å².